The van der Waals surface area contributed by atoms with E-state index in [0.717, 1.165) is 15.5 Å². The summed E-state index contributed by atoms with van der Waals surface area (Å²) in [5.41, 5.74) is 1.90. The first-order valence-electron chi connectivity index (χ1n) is 7.86. The Bertz CT molecular complexity index is 1080. The number of hydrogen-bond acceptors (Lipinski definition) is 4. The molecule has 2 aromatic carbocycles. The van der Waals surface area contributed by atoms with E-state index >= 15 is 0 Å². The molecule has 1 aromatic heterocycles. The van der Waals surface area contributed by atoms with E-state index < -0.39 is 11.7 Å². The summed E-state index contributed by atoms with van der Waals surface area (Å²) in [5.74, 6) is -0.943. The van der Waals surface area contributed by atoms with Gasteiger partial charge in [0.1, 0.15) is 16.5 Å². The van der Waals surface area contributed by atoms with Crippen molar-refractivity contribution in [1.29, 1.82) is 0 Å². The van der Waals surface area contributed by atoms with Crippen LogP contribution in [0.15, 0.2) is 59.6 Å². The molecule has 8 heteroatoms. The Kier molecular flexibility index (Phi) is 4.73. The minimum atomic E-state index is -0.519. The van der Waals surface area contributed by atoms with E-state index in [9.17, 15) is 9.18 Å². The van der Waals surface area contributed by atoms with Crippen molar-refractivity contribution in [2.45, 2.75) is 0 Å². The number of para-hydroxylation sites is 1. The minimum Gasteiger partial charge on any atom is -0.327 e. The number of nitrogens with one attached hydrogen (secondary N) is 1. The fourth-order valence-corrected chi connectivity index (χ4v) is 3.81. The van der Waals surface area contributed by atoms with Crippen molar-refractivity contribution in [3.8, 4) is 10.6 Å². The van der Waals surface area contributed by atoms with Gasteiger partial charge in [-0.1, -0.05) is 35.9 Å². The molecule has 0 saturated carbocycles. The molecule has 1 N–H and O–H groups in total. The number of carbonyl (C=O) groups excluding carboxylic acids is 1. The molecule has 3 aromatic rings. The van der Waals surface area contributed by atoms with Crippen LogP contribution in [0.5, 0.6) is 0 Å². The van der Waals surface area contributed by atoms with Gasteiger partial charge in [0, 0.05) is 16.0 Å². The molecule has 0 bridgehead atoms. The summed E-state index contributed by atoms with van der Waals surface area (Å²) in [6.07, 6.45) is 1.60. The zero-order chi connectivity index (χ0) is 19.0. The number of thiocarbonyl (C=S) groups is 1. The number of benzene rings is 2. The standard InChI is InChI=1S/C19H11ClFN3OS2/c20-12-7-5-11(6-8-12)17-22-13(10-27-17)9-15-18(25)24(19(26)23-15)16-4-2-1-3-14(16)21/h1-10H,(H,23,26)/b15-9+. The van der Waals surface area contributed by atoms with Crippen LogP contribution in [0.3, 0.4) is 0 Å². The van der Waals surface area contributed by atoms with Crippen molar-refractivity contribution in [1.82, 2.24) is 10.3 Å². The maximum Gasteiger partial charge on any atom is 0.281 e. The van der Waals surface area contributed by atoms with Gasteiger partial charge in [0.25, 0.3) is 5.91 Å². The second-order valence-corrected chi connectivity index (χ2v) is 7.35. The number of amides is 1. The lowest BCUT2D eigenvalue weighted by atomic mass is 10.2. The highest BCUT2D eigenvalue weighted by atomic mass is 35.5. The van der Waals surface area contributed by atoms with Crippen molar-refractivity contribution < 1.29 is 9.18 Å². The lowest BCUT2D eigenvalue weighted by Crippen LogP contribution is -2.31. The number of aromatic nitrogens is 1. The highest BCUT2D eigenvalue weighted by Crippen LogP contribution is 2.28. The van der Waals surface area contributed by atoms with Gasteiger partial charge in [-0.25, -0.2) is 14.3 Å². The third-order valence-electron chi connectivity index (χ3n) is 3.88. The Morgan fingerprint density at radius 3 is 2.67 bits per heavy atom. The third-order valence-corrected chi connectivity index (χ3v) is 5.32. The van der Waals surface area contributed by atoms with Crippen molar-refractivity contribution in [3.63, 3.8) is 0 Å². The number of hydrogen-bond donors (Lipinski definition) is 1. The molecule has 27 heavy (non-hydrogen) atoms. The number of thiazole rings is 1. The smallest absolute Gasteiger partial charge is 0.281 e. The molecule has 0 unspecified atom stereocenters. The Morgan fingerprint density at radius 1 is 1.19 bits per heavy atom. The van der Waals surface area contributed by atoms with E-state index in [1.165, 1.54) is 23.5 Å². The van der Waals surface area contributed by atoms with Gasteiger partial charge in [0.05, 0.1) is 11.4 Å². The molecule has 4 nitrogen and oxygen atoms in total. The second-order valence-electron chi connectivity index (χ2n) is 5.66. The van der Waals surface area contributed by atoms with Gasteiger partial charge in [0.15, 0.2) is 5.11 Å². The number of carbonyl (C=O) groups is 1. The maximum absolute atomic E-state index is 14.0. The molecule has 0 spiro atoms. The third kappa shape index (κ3) is 3.49. The largest absolute Gasteiger partial charge is 0.327 e. The Hall–Kier alpha value is -2.61. The number of nitrogens with zero attached hydrogens (tertiary/aromatic N) is 2. The van der Waals surface area contributed by atoms with E-state index in [0.29, 0.717) is 10.7 Å². The van der Waals surface area contributed by atoms with Crippen molar-refractivity contribution in [2.75, 3.05) is 4.90 Å². The van der Waals surface area contributed by atoms with Crippen LogP contribution >= 0.6 is 35.2 Å². The molecule has 2 heterocycles. The average Bonchev–Trinajstić information content (AvgIpc) is 3.22. The van der Waals surface area contributed by atoms with Gasteiger partial charge < -0.3 is 5.32 Å². The first kappa shape index (κ1) is 17.8. The molecule has 1 aliphatic rings. The van der Waals surface area contributed by atoms with Gasteiger partial charge >= 0.3 is 0 Å². The average molecular weight is 416 g/mol. The van der Waals surface area contributed by atoms with E-state index in [-0.39, 0.29) is 16.5 Å². The lowest BCUT2D eigenvalue weighted by molar-refractivity contribution is -0.113. The summed E-state index contributed by atoms with van der Waals surface area (Å²) >= 11 is 12.6. The molecule has 134 valence electrons. The highest BCUT2D eigenvalue weighted by Gasteiger charge is 2.33. The van der Waals surface area contributed by atoms with Crippen LogP contribution in [-0.2, 0) is 4.79 Å². The van der Waals surface area contributed by atoms with Crippen molar-refractivity contribution in [3.05, 3.63) is 76.1 Å². The maximum atomic E-state index is 14.0. The predicted octanol–water partition coefficient (Wildman–Crippen LogP) is 4.86. The topological polar surface area (TPSA) is 45.2 Å². The van der Waals surface area contributed by atoms with Gasteiger partial charge in [-0.15, -0.1) is 11.3 Å². The summed E-state index contributed by atoms with van der Waals surface area (Å²) in [7, 11) is 0. The zero-order valence-electron chi connectivity index (χ0n) is 13.6. The molecular formula is C19H11ClFN3OS2. The van der Waals surface area contributed by atoms with Gasteiger partial charge in [-0.2, -0.15) is 0 Å². The minimum absolute atomic E-state index is 0.114. The molecule has 1 aliphatic heterocycles. The summed E-state index contributed by atoms with van der Waals surface area (Å²) in [6.45, 7) is 0. The summed E-state index contributed by atoms with van der Waals surface area (Å²) in [6, 6.07) is 13.3. The van der Waals surface area contributed by atoms with Crippen LogP contribution in [0.1, 0.15) is 5.69 Å². The van der Waals surface area contributed by atoms with Crippen molar-refractivity contribution >= 4 is 57.9 Å². The molecule has 4 rings (SSSR count). The molecular weight excluding hydrogens is 405 g/mol. The molecule has 1 amide bonds. The second kappa shape index (κ2) is 7.19. The lowest BCUT2D eigenvalue weighted by Gasteiger charge is -2.14. The van der Waals surface area contributed by atoms with E-state index in [2.05, 4.69) is 10.3 Å². The van der Waals surface area contributed by atoms with Crippen molar-refractivity contribution in [2.24, 2.45) is 0 Å². The fraction of sp³-hybridized carbons (Fsp3) is 0. The van der Waals surface area contributed by atoms with Gasteiger partial charge in [-0.3, -0.25) is 4.79 Å². The number of halogens is 2. The van der Waals surface area contributed by atoms with E-state index in [4.69, 9.17) is 23.8 Å². The van der Waals surface area contributed by atoms with Crippen LogP contribution in [0, 0.1) is 5.82 Å². The molecule has 0 atom stereocenters. The molecule has 1 fully saturated rings. The zero-order valence-corrected chi connectivity index (χ0v) is 16.0. The summed E-state index contributed by atoms with van der Waals surface area (Å²) in [4.78, 5) is 18.4. The van der Waals surface area contributed by atoms with E-state index in [1.54, 1.807) is 30.3 Å². The summed E-state index contributed by atoms with van der Waals surface area (Å²) in [5, 5.41) is 6.25. The first-order chi connectivity index (χ1) is 13.0. The highest BCUT2D eigenvalue weighted by molar-refractivity contribution is 7.80. The quantitative estimate of drug-likeness (QED) is 0.490. The SMILES string of the molecule is O=C1/C(=C\c2csc(-c3ccc(Cl)cc3)n2)NC(=S)N1c1ccccc1F. The molecule has 0 radical (unpaired) electrons. The first-order valence-corrected chi connectivity index (χ1v) is 9.52. The van der Waals surface area contributed by atoms with E-state index in [1.807, 2.05) is 17.5 Å². The Morgan fingerprint density at radius 2 is 1.93 bits per heavy atom. The Balaban J connectivity index is 1.62. The van der Waals surface area contributed by atoms with Crippen LogP contribution < -0.4 is 10.2 Å². The molecule has 1 saturated heterocycles. The van der Waals surface area contributed by atoms with Crippen LogP contribution in [0.25, 0.3) is 16.6 Å². The monoisotopic (exact) mass is 415 g/mol. The van der Waals surface area contributed by atoms with Gasteiger partial charge in [-0.05, 0) is 42.6 Å². The predicted molar refractivity (Wildman–Crippen MR) is 110 cm³/mol. The fourth-order valence-electron chi connectivity index (χ4n) is 2.61. The van der Waals surface area contributed by atoms with Crippen LogP contribution in [0.2, 0.25) is 5.02 Å². The normalized spacial score (nSPS) is 15.5. The van der Waals surface area contributed by atoms with Crippen LogP contribution in [-0.4, -0.2) is 16.0 Å². The Labute approximate surface area is 168 Å². The number of rotatable bonds is 3. The summed E-state index contributed by atoms with van der Waals surface area (Å²) < 4.78 is 14.0. The van der Waals surface area contributed by atoms with Crippen LogP contribution in [0.4, 0.5) is 10.1 Å². The molecule has 0 aliphatic carbocycles. The number of anilines is 1. The van der Waals surface area contributed by atoms with Gasteiger partial charge in [0.2, 0.25) is 0 Å².